The molecule has 1 rings (SSSR count). The zero-order valence-electron chi connectivity index (χ0n) is 12.8. The molecule has 0 radical (unpaired) electrons. The first kappa shape index (κ1) is 15.2. The van der Waals surface area contributed by atoms with Crippen molar-refractivity contribution in [3.63, 3.8) is 0 Å². The molecule has 0 aromatic carbocycles. The monoisotopic (exact) mass is 256 g/mol. The zero-order valence-corrected chi connectivity index (χ0v) is 13.8. The largest absolute Gasteiger partial charge is 0.381 e. The Bertz CT molecular complexity index is 230. The summed E-state index contributed by atoms with van der Waals surface area (Å²) in [5.74, 6) is 1.65. The highest BCUT2D eigenvalue weighted by atomic mass is 28.3. The van der Waals surface area contributed by atoms with Crippen LogP contribution in [-0.4, -0.2) is 21.3 Å². The van der Waals surface area contributed by atoms with E-state index < -0.39 is 8.07 Å². The van der Waals surface area contributed by atoms with Crippen molar-refractivity contribution in [2.75, 3.05) is 13.2 Å². The summed E-state index contributed by atoms with van der Waals surface area (Å²) in [6, 6.07) is 1.30. The van der Waals surface area contributed by atoms with E-state index in [0.717, 1.165) is 25.0 Å². The molecule has 1 saturated carbocycles. The third kappa shape index (κ3) is 6.05. The Morgan fingerprint density at radius 1 is 1.24 bits per heavy atom. The van der Waals surface area contributed by atoms with Crippen LogP contribution in [0.5, 0.6) is 0 Å². The van der Waals surface area contributed by atoms with Crippen molar-refractivity contribution >= 4 is 8.07 Å². The van der Waals surface area contributed by atoms with Crippen LogP contribution < -0.4 is 0 Å². The van der Waals surface area contributed by atoms with E-state index in [2.05, 4.69) is 40.4 Å². The van der Waals surface area contributed by atoms with Crippen LogP contribution in [0.1, 0.15) is 40.0 Å². The lowest BCUT2D eigenvalue weighted by Crippen LogP contribution is -2.32. The smallest absolute Gasteiger partial charge is 0.0496 e. The van der Waals surface area contributed by atoms with Crippen molar-refractivity contribution in [2.24, 2.45) is 17.3 Å². The average Bonchev–Trinajstić information content (AvgIpc) is 2.16. The highest BCUT2D eigenvalue weighted by Gasteiger charge is 2.32. The quantitative estimate of drug-likeness (QED) is 0.507. The molecule has 1 fully saturated rings. The summed E-state index contributed by atoms with van der Waals surface area (Å²) < 4.78 is 5.95. The van der Waals surface area contributed by atoms with Crippen LogP contribution in [0.3, 0.4) is 0 Å². The maximum Gasteiger partial charge on any atom is 0.0496 e. The molecule has 0 amide bonds. The molecule has 0 bridgehead atoms. The van der Waals surface area contributed by atoms with Crippen LogP contribution in [0.15, 0.2) is 0 Å². The molecule has 1 nitrogen and oxygen atoms in total. The van der Waals surface area contributed by atoms with Crippen LogP contribution in [0.4, 0.5) is 0 Å². The van der Waals surface area contributed by atoms with Crippen LogP contribution in [0.2, 0.25) is 25.7 Å². The maximum atomic E-state index is 5.95. The minimum absolute atomic E-state index is 0.541. The second kappa shape index (κ2) is 5.88. The topological polar surface area (TPSA) is 9.23 Å². The second-order valence-electron chi connectivity index (χ2n) is 8.03. The second-order valence-corrected chi connectivity index (χ2v) is 13.7. The predicted octanol–water partition coefficient (Wildman–Crippen LogP) is 4.80. The minimum Gasteiger partial charge on any atom is -0.381 e. The molecule has 0 spiro atoms. The van der Waals surface area contributed by atoms with E-state index in [1.165, 1.54) is 25.3 Å². The SMILES string of the molecule is CC1CCC(C)(C)CC1COCC[Si](C)(C)C. The van der Waals surface area contributed by atoms with Gasteiger partial charge < -0.3 is 4.74 Å². The van der Waals surface area contributed by atoms with Gasteiger partial charge in [-0.25, -0.2) is 0 Å². The predicted molar refractivity (Wildman–Crippen MR) is 79.3 cm³/mol. The lowest BCUT2D eigenvalue weighted by molar-refractivity contribution is 0.0348. The fourth-order valence-electron chi connectivity index (χ4n) is 2.70. The zero-order chi connectivity index (χ0) is 13.1. The third-order valence-electron chi connectivity index (χ3n) is 4.22. The van der Waals surface area contributed by atoms with Gasteiger partial charge in [-0.15, -0.1) is 0 Å². The van der Waals surface area contributed by atoms with Crippen LogP contribution in [0, 0.1) is 17.3 Å². The summed E-state index contributed by atoms with van der Waals surface area (Å²) in [6.45, 7) is 16.5. The summed E-state index contributed by atoms with van der Waals surface area (Å²) in [5.41, 5.74) is 0.541. The van der Waals surface area contributed by atoms with E-state index >= 15 is 0 Å². The lowest BCUT2D eigenvalue weighted by atomic mass is 9.68. The normalized spacial score (nSPS) is 29.3. The first-order chi connectivity index (χ1) is 7.70. The first-order valence-corrected chi connectivity index (χ1v) is 11.0. The molecular weight excluding hydrogens is 224 g/mol. The average molecular weight is 257 g/mol. The van der Waals surface area contributed by atoms with Gasteiger partial charge in [-0.2, -0.15) is 0 Å². The molecule has 0 aromatic rings. The Hall–Kier alpha value is 0.177. The number of ether oxygens (including phenoxy) is 1. The molecule has 0 heterocycles. The Labute approximate surface area is 109 Å². The van der Waals surface area contributed by atoms with Gasteiger partial charge in [-0.05, 0) is 42.6 Å². The molecule has 0 N–H and O–H groups in total. The molecule has 1 aliphatic carbocycles. The van der Waals surface area contributed by atoms with Gasteiger partial charge in [0.2, 0.25) is 0 Å². The highest BCUT2D eigenvalue weighted by molar-refractivity contribution is 6.76. The van der Waals surface area contributed by atoms with Crippen molar-refractivity contribution in [3.8, 4) is 0 Å². The first-order valence-electron chi connectivity index (χ1n) is 7.27. The van der Waals surface area contributed by atoms with Crippen molar-refractivity contribution in [1.82, 2.24) is 0 Å². The van der Waals surface area contributed by atoms with E-state index in [-0.39, 0.29) is 0 Å². The van der Waals surface area contributed by atoms with Crippen LogP contribution in [-0.2, 0) is 4.74 Å². The van der Waals surface area contributed by atoms with Gasteiger partial charge in [0, 0.05) is 21.3 Å². The van der Waals surface area contributed by atoms with Crippen LogP contribution in [0.25, 0.3) is 0 Å². The molecule has 0 aromatic heterocycles. The third-order valence-corrected chi connectivity index (χ3v) is 5.93. The highest BCUT2D eigenvalue weighted by Crippen LogP contribution is 2.41. The van der Waals surface area contributed by atoms with Crippen molar-refractivity contribution in [3.05, 3.63) is 0 Å². The fraction of sp³-hybridized carbons (Fsp3) is 1.00. The molecule has 0 saturated heterocycles. The summed E-state index contributed by atoms with van der Waals surface area (Å²) in [5, 5.41) is 0. The van der Waals surface area contributed by atoms with Crippen LogP contribution >= 0.6 is 0 Å². The summed E-state index contributed by atoms with van der Waals surface area (Å²) in [4.78, 5) is 0. The molecule has 1 aliphatic rings. The Kier molecular flexibility index (Phi) is 5.27. The van der Waals surface area contributed by atoms with E-state index in [4.69, 9.17) is 4.74 Å². The fourth-order valence-corrected chi connectivity index (χ4v) is 3.46. The van der Waals surface area contributed by atoms with Gasteiger partial charge in [-0.3, -0.25) is 0 Å². The summed E-state index contributed by atoms with van der Waals surface area (Å²) in [7, 11) is -0.914. The Morgan fingerprint density at radius 3 is 2.47 bits per heavy atom. The number of hydrogen-bond acceptors (Lipinski definition) is 1. The van der Waals surface area contributed by atoms with Crippen molar-refractivity contribution in [2.45, 2.75) is 65.7 Å². The van der Waals surface area contributed by atoms with Gasteiger partial charge in [-0.1, -0.05) is 40.4 Å². The number of hydrogen-bond donors (Lipinski definition) is 0. The maximum absolute atomic E-state index is 5.95. The summed E-state index contributed by atoms with van der Waals surface area (Å²) >= 11 is 0. The molecule has 102 valence electrons. The summed E-state index contributed by atoms with van der Waals surface area (Å²) in [6.07, 6.45) is 4.12. The molecular formula is C15H32OSi. The molecule has 0 aliphatic heterocycles. The van der Waals surface area contributed by atoms with Gasteiger partial charge in [0.15, 0.2) is 0 Å². The number of rotatable bonds is 5. The minimum atomic E-state index is -0.914. The van der Waals surface area contributed by atoms with E-state index in [9.17, 15) is 0 Å². The standard InChI is InChI=1S/C15H32OSi/c1-13-7-8-15(2,3)11-14(13)12-16-9-10-17(4,5)6/h13-14H,7-12H2,1-6H3. The Morgan fingerprint density at radius 2 is 1.88 bits per heavy atom. The molecule has 17 heavy (non-hydrogen) atoms. The molecule has 2 atom stereocenters. The molecule has 2 heteroatoms. The molecule has 2 unspecified atom stereocenters. The lowest BCUT2D eigenvalue weighted by Gasteiger charge is -2.39. The van der Waals surface area contributed by atoms with Gasteiger partial charge >= 0.3 is 0 Å². The van der Waals surface area contributed by atoms with E-state index in [0.29, 0.717) is 5.41 Å². The van der Waals surface area contributed by atoms with Crippen molar-refractivity contribution < 1.29 is 4.74 Å². The Balaban J connectivity index is 2.26. The van der Waals surface area contributed by atoms with E-state index in [1.54, 1.807) is 0 Å². The van der Waals surface area contributed by atoms with Gasteiger partial charge in [0.25, 0.3) is 0 Å². The van der Waals surface area contributed by atoms with Crippen molar-refractivity contribution in [1.29, 1.82) is 0 Å². The van der Waals surface area contributed by atoms with E-state index in [1.807, 2.05) is 0 Å². The van der Waals surface area contributed by atoms with Gasteiger partial charge in [0.05, 0.1) is 0 Å². The van der Waals surface area contributed by atoms with Gasteiger partial charge in [0.1, 0.15) is 0 Å².